The molecule has 0 saturated heterocycles. The smallest absolute Gasteiger partial charge is 0.270 e. The quantitative estimate of drug-likeness (QED) is 0.464. The van der Waals surface area contributed by atoms with Crippen molar-refractivity contribution in [2.24, 2.45) is 0 Å². The molecule has 25 heavy (non-hydrogen) atoms. The molecular weight excluding hydrogens is 344 g/mol. The third-order valence-electron chi connectivity index (χ3n) is 3.14. The fourth-order valence-corrected chi connectivity index (χ4v) is 2.74. The molecule has 0 fully saturated rings. The minimum absolute atomic E-state index is 0.131. The molecule has 0 aliphatic carbocycles. The minimum Gasteiger partial charge on any atom is -0.326 e. The highest BCUT2D eigenvalue weighted by atomic mass is 32.1. The van der Waals surface area contributed by atoms with E-state index in [4.69, 9.17) is 0 Å². The fourth-order valence-electron chi connectivity index (χ4n) is 2.05. The van der Waals surface area contributed by atoms with Crippen LogP contribution in [0.5, 0.6) is 0 Å². The predicted molar refractivity (Wildman–Crippen MR) is 94.7 cm³/mol. The summed E-state index contributed by atoms with van der Waals surface area (Å²) < 4.78 is 0. The number of aryl methyl sites for hydroxylation is 1. The van der Waals surface area contributed by atoms with Crippen LogP contribution in [0, 0.1) is 17.0 Å². The van der Waals surface area contributed by atoms with Crippen molar-refractivity contribution in [3.8, 4) is 0 Å². The Morgan fingerprint density at radius 2 is 2.24 bits per heavy atom. The number of anilines is 1. The second-order valence-corrected chi connectivity index (χ2v) is 6.34. The summed E-state index contributed by atoms with van der Waals surface area (Å²) in [5.41, 5.74) is -0.0546. The van der Waals surface area contributed by atoms with Gasteiger partial charge in [0.25, 0.3) is 11.6 Å². The maximum Gasteiger partial charge on any atom is 0.270 e. The molecule has 2 amide bonds. The van der Waals surface area contributed by atoms with Gasteiger partial charge in [0.2, 0.25) is 5.91 Å². The Hall–Kier alpha value is -3.07. The van der Waals surface area contributed by atoms with E-state index in [1.807, 2.05) is 6.92 Å². The van der Waals surface area contributed by atoms with Gasteiger partial charge in [0.1, 0.15) is 6.54 Å². The number of nitrogens with one attached hydrogen (secondary N) is 1. The molecule has 1 heterocycles. The zero-order chi connectivity index (χ0) is 18.4. The highest BCUT2D eigenvalue weighted by molar-refractivity contribution is 7.15. The summed E-state index contributed by atoms with van der Waals surface area (Å²) in [6.07, 6.45) is 3.12. The molecule has 9 heteroatoms. The Balaban J connectivity index is 2.12. The maximum absolute atomic E-state index is 12.6. The van der Waals surface area contributed by atoms with E-state index < -0.39 is 16.7 Å². The van der Waals surface area contributed by atoms with Crippen molar-refractivity contribution in [3.63, 3.8) is 0 Å². The van der Waals surface area contributed by atoms with Gasteiger partial charge in [-0.05, 0) is 13.0 Å². The highest BCUT2D eigenvalue weighted by Crippen LogP contribution is 2.17. The molecule has 0 spiro atoms. The number of non-ortho nitro benzene ring substituents is 1. The number of rotatable bonds is 7. The first-order valence-electron chi connectivity index (χ1n) is 7.27. The van der Waals surface area contributed by atoms with Crippen molar-refractivity contribution in [3.05, 3.63) is 63.7 Å². The van der Waals surface area contributed by atoms with Crippen molar-refractivity contribution in [1.82, 2.24) is 9.88 Å². The van der Waals surface area contributed by atoms with E-state index in [-0.39, 0.29) is 24.3 Å². The van der Waals surface area contributed by atoms with E-state index in [0.717, 1.165) is 4.88 Å². The third kappa shape index (κ3) is 4.95. The summed E-state index contributed by atoms with van der Waals surface area (Å²) in [6, 6.07) is 5.37. The summed E-state index contributed by atoms with van der Waals surface area (Å²) >= 11 is 1.32. The van der Waals surface area contributed by atoms with Gasteiger partial charge in [-0.15, -0.1) is 17.9 Å². The van der Waals surface area contributed by atoms with E-state index >= 15 is 0 Å². The fraction of sp³-hybridized carbons (Fsp3) is 0.188. The van der Waals surface area contributed by atoms with Gasteiger partial charge in [-0.25, -0.2) is 4.98 Å². The van der Waals surface area contributed by atoms with Crippen LogP contribution in [0.3, 0.4) is 0 Å². The maximum atomic E-state index is 12.6. The standard InChI is InChI=1S/C16H16N4O4S/c1-3-7-19(10-14(21)18-16-17-9-11(2)25-16)15(22)12-5-4-6-13(8-12)20(23)24/h3-6,8-9H,1,7,10H2,2H3,(H,17,18,21). The van der Waals surface area contributed by atoms with Crippen LogP contribution < -0.4 is 5.32 Å². The molecule has 0 aliphatic heterocycles. The average Bonchev–Trinajstić information content (AvgIpc) is 2.98. The first-order chi connectivity index (χ1) is 11.9. The zero-order valence-electron chi connectivity index (χ0n) is 13.5. The summed E-state index contributed by atoms with van der Waals surface area (Å²) in [7, 11) is 0. The van der Waals surface area contributed by atoms with Crippen LogP contribution in [-0.4, -0.2) is 39.7 Å². The van der Waals surface area contributed by atoms with Crippen LogP contribution in [0.4, 0.5) is 10.8 Å². The lowest BCUT2D eigenvalue weighted by Gasteiger charge is -2.20. The van der Waals surface area contributed by atoms with Crippen molar-refractivity contribution >= 4 is 34.0 Å². The number of thiazole rings is 1. The van der Waals surface area contributed by atoms with Gasteiger partial charge in [0, 0.05) is 35.3 Å². The summed E-state index contributed by atoms with van der Waals surface area (Å²) in [5.74, 6) is -0.899. The van der Waals surface area contributed by atoms with Gasteiger partial charge in [-0.3, -0.25) is 19.7 Å². The predicted octanol–water partition coefficient (Wildman–Crippen LogP) is 2.63. The molecule has 8 nitrogen and oxygen atoms in total. The number of nitro benzene ring substituents is 1. The largest absolute Gasteiger partial charge is 0.326 e. The van der Waals surface area contributed by atoms with Gasteiger partial charge < -0.3 is 10.2 Å². The number of aromatic nitrogens is 1. The number of hydrogen-bond donors (Lipinski definition) is 1. The van der Waals surface area contributed by atoms with Gasteiger partial charge in [0.05, 0.1) is 4.92 Å². The van der Waals surface area contributed by atoms with E-state index in [1.165, 1.54) is 46.6 Å². The molecule has 130 valence electrons. The lowest BCUT2D eigenvalue weighted by Crippen LogP contribution is -2.38. The van der Waals surface area contributed by atoms with Crippen LogP contribution >= 0.6 is 11.3 Å². The number of carbonyl (C=O) groups excluding carboxylic acids is 2. The number of benzene rings is 1. The molecular formula is C16H16N4O4S. The Morgan fingerprint density at radius 1 is 1.48 bits per heavy atom. The first kappa shape index (κ1) is 18.3. The van der Waals surface area contributed by atoms with E-state index in [2.05, 4.69) is 16.9 Å². The van der Waals surface area contributed by atoms with Crippen LogP contribution in [0.25, 0.3) is 0 Å². The van der Waals surface area contributed by atoms with E-state index in [1.54, 1.807) is 6.20 Å². The molecule has 1 N–H and O–H groups in total. The van der Waals surface area contributed by atoms with Gasteiger partial charge >= 0.3 is 0 Å². The Labute approximate surface area is 147 Å². The first-order valence-corrected chi connectivity index (χ1v) is 8.09. The highest BCUT2D eigenvalue weighted by Gasteiger charge is 2.20. The minimum atomic E-state index is -0.577. The number of hydrogen-bond acceptors (Lipinski definition) is 6. The van der Waals surface area contributed by atoms with Crippen LogP contribution in [-0.2, 0) is 4.79 Å². The topological polar surface area (TPSA) is 105 Å². The monoisotopic (exact) mass is 360 g/mol. The lowest BCUT2D eigenvalue weighted by atomic mass is 10.1. The average molecular weight is 360 g/mol. The summed E-state index contributed by atoms with van der Waals surface area (Å²) in [6.45, 7) is 5.35. The SMILES string of the molecule is C=CCN(CC(=O)Nc1ncc(C)s1)C(=O)c1cccc([N+](=O)[O-])c1. The van der Waals surface area contributed by atoms with E-state index in [0.29, 0.717) is 5.13 Å². The van der Waals surface area contributed by atoms with Gasteiger partial charge in [-0.1, -0.05) is 12.1 Å². The normalized spacial score (nSPS) is 10.1. The molecule has 0 saturated carbocycles. The van der Waals surface area contributed by atoms with Crippen molar-refractivity contribution in [2.45, 2.75) is 6.92 Å². The Kier molecular flexibility index (Phi) is 5.96. The Morgan fingerprint density at radius 3 is 2.84 bits per heavy atom. The molecule has 1 aromatic carbocycles. The zero-order valence-corrected chi connectivity index (χ0v) is 14.3. The summed E-state index contributed by atoms with van der Waals surface area (Å²) in [4.78, 5) is 41.2. The molecule has 0 atom stereocenters. The van der Waals surface area contributed by atoms with Crippen LogP contribution in [0.15, 0.2) is 43.1 Å². The van der Waals surface area contributed by atoms with Crippen molar-refractivity contribution < 1.29 is 14.5 Å². The molecule has 1 aromatic heterocycles. The van der Waals surface area contributed by atoms with Crippen molar-refractivity contribution in [1.29, 1.82) is 0 Å². The molecule has 0 unspecified atom stereocenters. The summed E-state index contributed by atoms with van der Waals surface area (Å²) in [5, 5.41) is 13.9. The second-order valence-electron chi connectivity index (χ2n) is 5.11. The number of nitrogens with zero attached hydrogens (tertiary/aromatic N) is 3. The number of carbonyl (C=O) groups is 2. The molecule has 0 bridgehead atoms. The van der Waals surface area contributed by atoms with Gasteiger partial charge in [0.15, 0.2) is 5.13 Å². The Bertz CT molecular complexity index is 818. The van der Waals surface area contributed by atoms with Crippen LogP contribution in [0.1, 0.15) is 15.2 Å². The van der Waals surface area contributed by atoms with Gasteiger partial charge in [-0.2, -0.15) is 0 Å². The number of nitro groups is 1. The van der Waals surface area contributed by atoms with Crippen LogP contribution in [0.2, 0.25) is 0 Å². The van der Waals surface area contributed by atoms with Crippen molar-refractivity contribution in [2.75, 3.05) is 18.4 Å². The molecule has 2 aromatic rings. The molecule has 2 rings (SSSR count). The third-order valence-corrected chi connectivity index (χ3v) is 3.97. The lowest BCUT2D eigenvalue weighted by molar-refractivity contribution is -0.384. The second kappa shape index (κ2) is 8.15. The molecule has 0 radical (unpaired) electrons. The molecule has 0 aliphatic rings. The number of amides is 2. The van der Waals surface area contributed by atoms with E-state index in [9.17, 15) is 19.7 Å².